The minimum atomic E-state index is -0.607. The van der Waals surface area contributed by atoms with Crippen molar-refractivity contribution in [2.24, 2.45) is 11.3 Å². The van der Waals surface area contributed by atoms with Crippen LogP contribution in [0.4, 0.5) is 0 Å². The van der Waals surface area contributed by atoms with Crippen LogP contribution in [0, 0.1) is 11.3 Å². The van der Waals surface area contributed by atoms with E-state index in [9.17, 15) is 14.7 Å². The van der Waals surface area contributed by atoms with E-state index in [1.807, 2.05) is 0 Å². The Kier molecular flexibility index (Phi) is 3.11. The predicted octanol–water partition coefficient (Wildman–Crippen LogP) is 1.70. The number of methoxy groups -OCH3 is 1. The normalized spacial score (nSPS) is 25.6. The lowest BCUT2D eigenvalue weighted by molar-refractivity contribution is -0.144. The zero-order chi connectivity index (χ0) is 13.3. The fourth-order valence-corrected chi connectivity index (χ4v) is 2.44. The maximum absolute atomic E-state index is 11.8. The van der Waals surface area contributed by atoms with Gasteiger partial charge in [-0.05, 0) is 37.5 Å². The molecule has 1 N–H and O–H groups in total. The summed E-state index contributed by atoms with van der Waals surface area (Å²) in [5.74, 6) is -0.431. The number of Topliss-reactive ketones (excluding diaryl/α,β-unsaturated/α-hetero) is 1. The maximum Gasteiger partial charge on any atom is 0.309 e. The van der Waals surface area contributed by atoms with Gasteiger partial charge in [-0.1, -0.05) is 12.1 Å². The lowest BCUT2D eigenvalue weighted by Crippen LogP contribution is -2.22. The van der Waals surface area contributed by atoms with Crippen LogP contribution in [-0.2, 0) is 20.7 Å². The molecular formula is C14H16O4. The first-order valence-electron chi connectivity index (χ1n) is 5.86. The van der Waals surface area contributed by atoms with Gasteiger partial charge in [-0.25, -0.2) is 0 Å². The fraction of sp³-hybridized carbons (Fsp3) is 0.429. The third kappa shape index (κ3) is 2.10. The molecule has 1 unspecified atom stereocenters. The highest BCUT2D eigenvalue weighted by Crippen LogP contribution is 2.56. The molecular weight excluding hydrogens is 232 g/mol. The van der Waals surface area contributed by atoms with Crippen molar-refractivity contribution in [3.63, 3.8) is 0 Å². The Morgan fingerprint density at radius 2 is 2.00 bits per heavy atom. The minimum Gasteiger partial charge on any atom is -0.508 e. The van der Waals surface area contributed by atoms with Crippen LogP contribution in [0.1, 0.15) is 18.9 Å². The molecule has 0 radical (unpaired) electrons. The van der Waals surface area contributed by atoms with Crippen LogP contribution in [0.15, 0.2) is 24.3 Å². The Balaban J connectivity index is 2.17. The summed E-state index contributed by atoms with van der Waals surface area (Å²) in [7, 11) is 1.34. The summed E-state index contributed by atoms with van der Waals surface area (Å²) < 4.78 is 4.71. The molecule has 1 aromatic carbocycles. The highest BCUT2D eigenvalue weighted by atomic mass is 16.5. The highest BCUT2D eigenvalue weighted by molar-refractivity contribution is 5.94. The Morgan fingerprint density at radius 3 is 2.50 bits per heavy atom. The van der Waals surface area contributed by atoms with Crippen molar-refractivity contribution in [1.82, 2.24) is 0 Å². The van der Waals surface area contributed by atoms with Gasteiger partial charge in [-0.15, -0.1) is 0 Å². The first kappa shape index (κ1) is 12.6. The number of phenolic OH excluding ortho intramolecular Hbond substituents is 1. The zero-order valence-electron chi connectivity index (χ0n) is 10.5. The number of ether oxygens (including phenoxy) is 1. The number of carbonyl (C=O) groups is 2. The summed E-state index contributed by atoms with van der Waals surface area (Å²) in [6, 6.07) is 6.71. The number of phenols is 1. The summed E-state index contributed by atoms with van der Waals surface area (Å²) in [5, 5.41) is 9.22. The second kappa shape index (κ2) is 4.44. The molecule has 0 bridgehead atoms. The number of aromatic hydroxyl groups is 1. The van der Waals surface area contributed by atoms with Crippen molar-refractivity contribution in [2.45, 2.75) is 19.8 Å². The summed E-state index contributed by atoms with van der Waals surface area (Å²) >= 11 is 0. The number of benzene rings is 1. The number of hydrogen-bond acceptors (Lipinski definition) is 4. The van der Waals surface area contributed by atoms with Crippen LogP contribution >= 0.6 is 0 Å². The van der Waals surface area contributed by atoms with Gasteiger partial charge in [-0.3, -0.25) is 9.59 Å². The molecule has 4 nitrogen and oxygen atoms in total. The molecule has 0 spiro atoms. The van der Waals surface area contributed by atoms with Crippen LogP contribution in [0.5, 0.6) is 5.75 Å². The number of hydrogen-bond donors (Lipinski definition) is 1. The van der Waals surface area contributed by atoms with Crippen LogP contribution in [-0.4, -0.2) is 24.0 Å². The predicted molar refractivity (Wildman–Crippen MR) is 65.0 cm³/mol. The lowest BCUT2D eigenvalue weighted by Gasteiger charge is -2.13. The molecule has 0 amide bonds. The molecule has 0 saturated heterocycles. The van der Waals surface area contributed by atoms with Gasteiger partial charge in [0.25, 0.3) is 0 Å². The molecule has 0 aromatic heterocycles. The average molecular weight is 248 g/mol. The Bertz CT molecular complexity index is 477. The molecule has 2 rings (SSSR count). The number of ketones is 1. The van der Waals surface area contributed by atoms with E-state index < -0.39 is 5.41 Å². The molecule has 1 aliphatic rings. The largest absolute Gasteiger partial charge is 0.508 e. The van der Waals surface area contributed by atoms with Gasteiger partial charge in [0.15, 0.2) is 0 Å². The van der Waals surface area contributed by atoms with Crippen molar-refractivity contribution in [2.75, 3.05) is 7.11 Å². The average Bonchev–Trinajstić information content (AvgIpc) is 3.07. The van der Waals surface area contributed by atoms with Crippen LogP contribution in [0.2, 0.25) is 0 Å². The van der Waals surface area contributed by atoms with E-state index >= 15 is 0 Å². The standard InChI is InChI=1S/C14H16O4/c1-9(15)14(8-12(14)13(17)18-2)7-10-3-5-11(16)6-4-10/h3-6,12,16H,7-8H2,1-2H3/t12?,14-/m1/s1. The van der Waals surface area contributed by atoms with Crippen LogP contribution in [0.3, 0.4) is 0 Å². The van der Waals surface area contributed by atoms with Crippen molar-refractivity contribution >= 4 is 11.8 Å². The Hall–Kier alpha value is -1.84. The number of rotatable bonds is 4. The summed E-state index contributed by atoms with van der Waals surface area (Å²) in [5.41, 5.74) is 0.332. The zero-order valence-corrected chi connectivity index (χ0v) is 10.5. The van der Waals surface area contributed by atoms with Crippen LogP contribution in [0.25, 0.3) is 0 Å². The van der Waals surface area contributed by atoms with Gasteiger partial charge < -0.3 is 9.84 Å². The van der Waals surface area contributed by atoms with Gasteiger partial charge in [0, 0.05) is 5.41 Å². The van der Waals surface area contributed by atoms with Crippen LogP contribution < -0.4 is 0 Å². The molecule has 1 saturated carbocycles. The van der Waals surface area contributed by atoms with Gasteiger partial charge >= 0.3 is 5.97 Å². The summed E-state index contributed by atoms with van der Waals surface area (Å²) in [4.78, 5) is 23.3. The molecule has 0 aliphatic heterocycles. The van der Waals surface area contributed by atoms with Gasteiger partial charge in [0.1, 0.15) is 11.5 Å². The quantitative estimate of drug-likeness (QED) is 0.824. The lowest BCUT2D eigenvalue weighted by atomic mass is 9.90. The van der Waals surface area contributed by atoms with E-state index in [0.717, 1.165) is 5.56 Å². The van der Waals surface area contributed by atoms with E-state index in [1.165, 1.54) is 14.0 Å². The van der Waals surface area contributed by atoms with Crippen molar-refractivity contribution in [3.8, 4) is 5.75 Å². The number of esters is 1. The summed E-state index contributed by atoms with van der Waals surface area (Å²) in [6.45, 7) is 1.52. The van der Waals surface area contributed by atoms with Gasteiger partial charge in [-0.2, -0.15) is 0 Å². The monoisotopic (exact) mass is 248 g/mol. The van der Waals surface area contributed by atoms with E-state index in [1.54, 1.807) is 24.3 Å². The number of carbonyl (C=O) groups excluding carboxylic acids is 2. The molecule has 1 fully saturated rings. The fourth-order valence-electron chi connectivity index (χ4n) is 2.44. The molecule has 2 atom stereocenters. The minimum absolute atomic E-state index is 0.0194. The second-order valence-electron chi connectivity index (χ2n) is 4.84. The van der Waals surface area contributed by atoms with E-state index in [4.69, 9.17) is 4.74 Å². The first-order chi connectivity index (χ1) is 8.49. The topological polar surface area (TPSA) is 63.6 Å². The second-order valence-corrected chi connectivity index (χ2v) is 4.84. The SMILES string of the molecule is COC(=O)C1C[C@]1(Cc1ccc(O)cc1)C(C)=O. The van der Waals surface area contributed by atoms with Crippen molar-refractivity contribution in [1.29, 1.82) is 0 Å². The Morgan fingerprint density at radius 1 is 1.39 bits per heavy atom. The molecule has 4 heteroatoms. The third-order valence-electron chi connectivity index (χ3n) is 3.72. The van der Waals surface area contributed by atoms with Gasteiger partial charge in [0.05, 0.1) is 13.0 Å². The molecule has 96 valence electrons. The van der Waals surface area contributed by atoms with Gasteiger partial charge in [0.2, 0.25) is 0 Å². The van der Waals surface area contributed by atoms with E-state index in [0.29, 0.717) is 12.8 Å². The molecule has 18 heavy (non-hydrogen) atoms. The Labute approximate surface area is 106 Å². The van der Waals surface area contributed by atoms with Crippen molar-refractivity contribution < 1.29 is 19.4 Å². The molecule has 1 aliphatic carbocycles. The molecule has 1 aromatic rings. The van der Waals surface area contributed by atoms with E-state index in [2.05, 4.69) is 0 Å². The smallest absolute Gasteiger partial charge is 0.309 e. The van der Waals surface area contributed by atoms with Crippen molar-refractivity contribution in [3.05, 3.63) is 29.8 Å². The van der Waals surface area contributed by atoms with E-state index in [-0.39, 0.29) is 23.4 Å². The summed E-state index contributed by atoms with van der Waals surface area (Å²) in [6.07, 6.45) is 1.07. The maximum atomic E-state index is 11.8. The molecule has 0 heterocycles. The highest BCUT2D eigenvalue weighted by Gasteiger charge is 2.62. The third-order valence-corrected chi connectivity index (χ3v) is 3.72. The first-order valence-corrected chi connectivity index (χ1v) is 5.86.